The topological polar surface area (TPSA) is 47.0 Å². The molecular formula is C10H10BrNO2. The monoisotopic (exact) mass is 255 g/mol. The number of carbonyl (C=O) groups is 2. The van der Waals surface area contributed by atoms with Crippen LogP contribution in [0.1, 0.15) is 24.3 Å². The Morgan fingerprint density at radius 2 is 2.07 bits per heavy atom. The van der Waals surface area contributed by atoms with Gasteiger partial charge >= 0.3 is 0 Å². The number of ketones is 2. The first-order chi connectivity index (χ1) is 6.52. The first-order valence-corrected chi connectivity index (χ1v) is 4.99. The number of pyridine rings is 1. The standard InChI is InChI=1S/C10H10BrNO2/c1-6(7(2)13)10(14)8-4-3-5-9(11)12-8/h3-6H,1-2H3. The zero-order valence-electron chi connectivity index (χ0n) is 7.95. The summed E-state index contributed by atoms with van der Waals surface area (Å²) < 4.78 is 0.596. The van der Waals surface area contributed by atoms with Gasteiger partial charge in [0.15, 0.2) is 5.78 Å². The SMILES string of the molecule is CC(=O)C(C)C(=O)c1cccc(Br)n1. The molecule has 1 aromatic heterocycles. The molecule has 0 N–H and O–H groups in total. The molecule has 74 valence electrons. The van der Waals surface area contributed by atoms with Gasteiger partial charge in [0.1, 0.15) is 16.1 Å². The van der Waals surface area contributed by atoms with E-state index in [4.69, 9.17) is 0 Å². The largest absolute Gasteiger partial charge is 0.299 e. The quantitative estimate of drug-likeness (QED) is 0.473. The van der Waals surface area contributed by atoms with Crippen molar-refractivity contribution in [3.63, 3.8) is 0 Å². The molecule has 0 radical (unpaired) electrons. The van der Waals surface area contributed by atoms with Crippen molar-refractivity contribution in [3.8, 4) is 0 Å². The normalized spacial score (nSPS) is 12.2. The van der Waals surface area contributed by atoms with Crippen molar-refractivity contribution in [1.82, 2.24) is 4.98 Å². The van der Waals surface area contributed by atoms with Crippen molar-refractivity contribution in [2.45, 2.75) is 13.8 Å². The van der Waals surface area contributed by atoms with Crippen LogP contribution in [0.4, 0.5) is 0 Å². The number of aromatic nitrogens is 1. The van der Waals surface area contributed by atoms with Crippen molar-refractivity contribution < 1.29 is 9.59 Å². The van der Waals surface area contributed by atoms with E-state index in [0.29, 0.717) is 10.3 Å². The van der Waals surface area contributed by atoms with E-state index in [1.54, 1.807) is 25.1 Å². The van der Waals surface area contributed by atoms with E-state index in [0.717, 1.165) is 0 Å². The second-order valence-electron chi connectivity index (χ2n) is 3.04. The maximum atomic E-state index is 11.6. The summed E-state index contributed by atoms with van der Waals surface area (Å²) in [6.07, 6.45) is 0. The van der Waals surface area contributed by atoms with E-state index in [-0.39, 0.29) is 11.6 Å². The highest BCUT2D eigenvalue weighted by Gasteiger charge is 2.20. The zero-order chi connectivity index (χ0) is 10.7. The Morgan fingerprint density at radius 3 is 2.57 bits per heavy atom. The van der Waals surface area contributed by atoms with Crippen molar-refractivity contribution >= 4 is 27.5 Å². The van der Waals surface area contributed by atoms with E-state index in [1.165, 1.54) is 6.92 Å². The lowest BCUT2D eigenvalue weighted by Gasteiger charge is -2.05. The third-order valence-corrected chi connectivity index (χ3v) is 2.41. The number of carbonyl (C=O) groups excluding carboxylic acids is 2. The minimum Gasteiger partial charge on any atom is -0.299 e. The van der Waals surface area contributed by atoms with Crippen LogP contribution in [0.15, 0.2) is 22.8 Å². The average molecular weight is 256 g/mol. The van der Waals surface area contributed by atoms with Crippen LogP contribution >= 0.6 is 15.9 Å². The molecule has 0 aliphatic heterocycles. The predicted octanol–water partition coefficient (Wildman–Crippen LogP) is 2.25. The highest BCUT2D eigenvalue weighted by molar-refractivity contribution is 9.10. The van der Waals surface area contributed by atoms with Crippen LogP contribution in [0.3, 0.4) is 0 Å². The van der Waals surface area contributed by atoms with Gasteiger partial charge in [0.05, 0.1) is 5.92 Å². The van der Waals surface area contributed by atoms with Crippen LogP contribution < -0.4 is 0 Å². The summed E-state index contributed by atoms with van der Waals surface area (Å²) in [5.41, 5.74) is 0.321. The summed E-state index contributed by atoms with van der Waals surface area (Å²) in [6, 6.07) is 5.05. The molecule has 1 rings (SSSR count). The fourth-order valence-electron chi connectivity index (χ4n) is 0.952. The number of hydrogen-bond donors (Lipinski definition) is 0. The number of Topliss-reactive ketones (excluding diaryl/α,β-unsaturated/α-hetero) is 2. The first-order valence-electron chi connectivity index (χ1n) is 4.19. The molecule has 0 saturated carbocycles. The van der Waals surface area contributed by atoms with Crippen LogP contribution in [0.2, 0.25) is 0 Å². The molecule has 1 unspecified atom stereocenters. The zero-order valence-corrected chi connectivity index (χ0v) is 9.54. The van der Waals surface area contributed by atoms with Crippen molar-refractivity contribution in [2.75, 3.05) is 0 Å². The second-order valence-corrected chi connectivity index (χ2v) is 3.85. The molecule has 1 aromatic rings. The molecule has 0 spiro atoms. The van der Waals surface area contributed by atoms with E-state index in [1.807, 2.05) is 0 Å². The first kappa shape index (κ1) is 11.0. The van der Waals surface area contributed by atoms with Crippen LogP contribution in [0.5, 0.6) is 0 Å². The summed E-state index contributed by atoms with van der Waals surface area (Å²) in [4.78, 5) is 26.6. The molecule has 4 heteroatoms. The van der Waals surface area contributed by atoms with Gasteiger partial charge in [-0.2, -0.15) is 0 Å². The summed E-state index contributed by atoms with van der Waals surface area (Å²) in [7, 11) is 0. The molecule has 3 nitrogen and oxygen atoms in total. The van der Waals surface area contributed by atoms with Crippen molar-refractivity contribution in [3.05, 3.63) is 28.5 Å². The molecule has 14 heavy (non-hydrogen) atoms. The summed E-state index contributed by atoms with van der Waals surface area (Å²) in [5.74, 6) is -0.993. The Hall–Kier alpha value is -1.03. The molecule has 0 aromatic carbocycles. The van der Waals surface area contributed by atoms with Gasteiger partial charge in [-0.25, -0.2) is 4.98 Å². The van der Waals surface area contributed by atoms with Gasteiger partial charge in [0.25, 0.3) is 0 Å². The van der Waals surface area contributed by atoms with E-state index >= 15 is 0 Å². The number of hydrogen-bond acceptors (Lipinski definition) is 3. The van der Waals surface area contributed by atoms with E-state index < -0.39 is 5.92 Å². The maximum absolute atomic E-state index is 11.6. The van der Waals surface area contributed by atoms with Crippen molar-refractivity contribution in [1.29, 1.82) is 0 Å². The summed E-state index contributed by atoms with van der Waals surface area (Å²) in [6.45, 7) is 2.99. The third-order valence-electron chi connectivity index (χ3n) is 1.97. The molecule has 0 saturated heterocycles. The summed E-state index contributed by atoms with van der Waals surface area (Å²) >= 11 is 3.17. The van der Waals surface area contributed by atoms with Crippen LogP contribution in [0, 0.1) is 5.92 Å². The lowest BCUT2D eigenvalue weighted by atomic mass is 10.00. The Labute approximate surface area is 90.7 Å². The number of nitrogens with zero attached hydrogens (tertiary/aromatic N) is 1. The molecule has 0 aliphatic rings. The predicted molar refractivity (Wildman–Crippen MR) is 56.1 cm³/mol. The Bertz CT molecular complexity index is 376. The van der Waals surface area contributed by atoms with Crippen LogP contribution in [0.25, 0.3) is 0 Å². The summed E-state index contributed by atoms with van der Waals surface area (Å²) in [5, 5.41) is 0. The third kappa shape index (κ3) is 2.48. The van der Waals surface area contributed by atoms with Gasteiger partial charge in [0.2, 0.25) is 0 Å². The fraction of sp³-hybridized carbons (Fsp3) is 0.300. The Balaban J connectivity index is 2.95. The molecule has 0 fully saturated rings. The molecule has 1 atom stereocenters. The molecule has 0 bridgehead atoms. The van der Waals surface area contributed by atoms with Gasteiger partial charge in [-0.05, 0) is 41.9 Å². The van der Waals surface area contributed by atoms with Gasteiger partial charge in [-0.3, -0.25) is 9.59 Å². The highest BCUT2D eigenvalue weighted by Crippen LogP contribution is 2.11. The van der Waals surface area contributed by atoms with Gasteiger partial charge in [0, 0.05) is 0 Å². The minimum atomic E-state index is -0.614. The minimum absolute atomic E-state index is 0.142. The average Bonchev–Trinajstić information content (AvgIpc) is 2.15. The Kier molecular flexibility index (Phi) is 3.52. The number of halogens is 1. The second kappa shape index (κ2) is 4.46. The van der Waals surface area contributed by atoms with E-state index in [2.05, 4.69) is 20.9 Å². The molecule has 0 aliphatic carbocycles. The Morgan fingerprint density at radius 1 is 1.43 bits per heavy atom. The lowest BCUT2D eigenvalue weighted by Crippen LogP contribution is -2.19. The van der Waals surface area contributed by atoms with Gasteiger partial charge < -0.3 is 0 Å². The molecule has 0 amide bonds. The van der Waals surface area contributed by atoms with Gasteiger partial charge in [-0.15, -0.1) is 0 Å². The van der Waals surface area contributed by atoms with Gasteiger partial charge in [-0.1, -0.05) is 6.07 Å². The fourth-order valence-corrected chi connectivity index (χ4v) is 1.30. The lowest BCUT2D eigenvalue weighted by molar-refractivity contribution is -0.118. The number of rotatable bonds is 3. The molecule has 1 heterocycles. The maximum Gasteiger partial charge on any atom is 0.191 e. The smallest absolute Gasteiger partial charge is 0.191 e. The van der Waals surface area contributed by atoms with Crippen molar-refractivity contribution in [2.24, 2.45) is 5.92 Å². The molecular weight excluding hydrogens is 246 g/mol. The van der Waals surface area contributed by atoms with Crippen LogP contribution in [-0.2, 0) is 4.79 Å². The van der Waals surface area contributed by atoms with E-state index in [9.17, 15) is 9.59 Å². The highest BCUT2D eigenvalue weighted by atomic mass is 79.9. The van der Waals surface area contributed by atoms with Crippen LogP contribution in [-0.4, -0.2) is 16.6 Å².